The van der Waals surface area contributed by atoms with Gasteiger partial charge >= 0.3 is 0 Å². The second kappa shape index (κ2) is 5.85. The number of aryl methyl sites for hydroxylation is 1. The zero-order valence-electron chi connectivity index (χ0n) is 11.4. The van der Waals surface area contributed by atoms with E-state index < -0.39 is 5.54 Å². The van der Waals surface area contributed by atoms with Crippen molar-refractivity contribution in [1.82, 2.24) is 0 Å². The first-order chi connectivity index (χ1) is 9.00. The van der Waals surface area contributed by atoms with E-state index in [9.17, 15) is 4.39 Å². The first kappa shape index (κ1) is 14.2. The van der Waals surface area contributed by atoms with E-state index in [4.69, 9.17) is 5.73 Å². The van der Waals surface area contributed by atoms with Gasteiger partial charge in [-0.2, -0.15) is 0 Å². The Morgan fingerprint density at radius 1 is 1.11 bits per heavy atom. The minimum Gasteiger partial charge on any atom is -0.325 e. The van der Waals surface area contributed by atoms with Crippen LogP contribution in [0.1, 0.15) is 29.2 Å². The molecule has 102 valence electrons. The van der Waals surface area contributed by atoms with E-state index >= 15 is 0 Å². The van der Waals surface area contributed by atoms with E-state index in [0.717, 1.165) is 12.8 Å². The monoisotopic (exact) mass is 277 g/mol. The molecule has 0 saturated heterocycles. The summed E-state index contributed by atoms with van der Waals surface area (Å²) in [5.74, 6) is -0.167. The molecule has 2 N–H and O–H groups in total. The van der Waals surface area contributed by atoms with Gasteiger partial charge in [-0.05, 0) is 49.9 Å². The number of halogens is 1. The van der Waals surface area contributed by atoms with E-state index in [1.165, 1.54) is 15.8 Å². The highest BCUT2D eigenvalue weighted by Gasteiger charge is 2.22. The van der Waals surface area contributed by atoms with Gasteiger partial charge in [0, 0.05) is 15.3 Å². The Labute approximate surface area is 118 Å². The Kier molecular flexibility index (Phi) is 4.38. The topological polar surface area (TPSA) is 26.0 Å². The van der Waals surface area contributed by atoms with Gasteiger partial charge in [-0.25, -0.2) is 4.39 Å². The Bertz CT molecular complexity index is 545. The maximum Gasteiger partial charge on any atom is 0.126 e. The SMILES string of the molecule is CCc1ccc(CC(C)(N)Cc2ccccc2F)s1. The molecule has 0 spiro atoms. The van der Waals surface area contributed by atoms with E-state index in [-0.39, 0.29) is 5.82 Å². The van der Waals surface area contributed by atoms with Crippen molar-refractivity contribution in [3.63, 3.8) is 0 Å². The van der Waals surface area contributed by atoms with Crippen LogP contribution in [0.15, 0.2) is 36.4 Å². The molecule has 1 nitrogen and oxygen atoms in total. The summed E-state index contributed by atoms with van der Waals surface area (Å²) in [5.41, 5.74) is 6.62. The molecule has 2 aromatic rings. The molecule has 1 heterocycles. The number of hydrogen-bond acceptors (Lipinski definition) is 2. The predicted octanol–water partition coefficient (Wildman–Crippen LogP) is 3.95. The van der Waals surface area contributed by atoms with Gasteiger partial charge in [0.1, 0.15) is 5.82 Å². The molecule has 19 heavy (non-hydrogen) atoms. The molecule has 2 rings (SSSR count). The number of thiophene rings is 1. The Morgan fingerprint density at radius 2 is 1.79 bits per heavy atom. The molecule has 0 amide bonds. The number of nitrogens with two attached hydrogens (primary N) is 1. The fourth-order valence-corrected chi connectivity index (χ4v) is 3.40. The van der Waals surface area contributed by atoms with Gasteiger partial charge in [0.25, 0.3) is 0 Å². The molecule has 3 heteroatoms. The molecule has 0 aliphatic rings. The second-order valence-electron chi connectivity index (χ2n) is 5.32. The van der Waals surface area contributed by atoms with Crippen LogP contribution in [0, 0.1) is 5.82 Å². The van der Waals surface area contributed by atoms with Crippen molar-refractivity contribution < 1.29 is 4.39 Å². The molecule has 0 fully saturated rings. The summed E-state index contributed by atoms with van der Waals surface area (Å²) in [7, 11) is 0. The molecule has 0 bridgehead atoms. The van der Waals surface area contributed by atoms with Gasteiger partial charge < -0.3 is 5.73 Å². The van der Waals surface area contributed by atoms with Crippen molar-refractivity contribution in [1.29, 1.82) is 0 Å². The third-order valence-corrected chi connectivity index (χ3v) is 4.43. The van der Waals surface area contributed by atoms with Crippen LogP contribution in [0.25, 0.3) is 0 Å². The zero-order chi connectivity index (χ0) is 13.9. The van der Waals surface area contributed by atoms with Crippen molar-refractivity contribution in [3.05, 3.63) is 57.5 Å². The van der Waals surface area contributed by atoms with Crippen LogP contribution in [0.4, 0.5) is 4.39 Å². The summed E-state index contributed by atoms with van der Waals surface area (Å²) in [4.78, 5) is 2.65. The first-order valence-electron chi connectivity index (χ1n) is 6.60. The average molecular weight is 277 g/mol. The fraction of sp³-hybridized carbons (Fsp3) is 0.375. The van der Waals surface area contributed by atoms with Gasteiger partial charge in [0.2, 0.25) is 0 Å². The van der Waals surface area contributed by atoms with E-state index in [1.807, 2.05) is 19.1 Å². The van der Waals surface area contributed by atoms with Crippen molar-refractivity contribution in [2.45, 2.75) is 38.6 Å². The quantitative estimate of drug-likeness (QED) is 0.880. The smallest absolute Gasteiger partial charge is 0.126 e. The third-order valence-electron chi connectivity index (χ3n) is 3.20. The van der Waals surface area contributed by atoms with Gasteiger partial charge in [-0.15, -0.1) is 11.3 Å². The lowest BCUT2D eigenvalue weighted by atomic mass is 9.90. The van der Waals surface area contributed by atoms with Crippen LogP contribution in [0.3, 0.4) is 0 Å². The van der Waals surface area contributed by atoms with Crippen LogP contribution in [0.5, 0.6) is 0 Å². The summed E-state index contributed by atoms with van der Waals surface area (Å²) >= 11 is 1.80. The highest BCUT2D eigenvalue weighted by Crippen LogP contribution is 2.24. The third kappa shape index (κ3) is 3.88. The van der Waals surface area contributed by atoms with Crippen LogP contribution >= 0.6 is 11.3 Å². The largest absolute Gasteiger partial charge is 0.325 e. The van der Waals surface area contributed by atoms with Crippen molar-refractivity contribution >= 4 is 11.3 Å². The minimum absolute atomic E-state index is 0.167. The Hall–Kier alpha value is -1.19. The van der Waals surface area contributed by atoms with Gasteiger partial charge in [-0.3, -0.25) is 0 Å². The summed E-state index contributed by atoms with van der Waals surface area (Å²) < 4.78 is 13.7. The molecular weight excluding hydrogens is 257 g/mol. The summed E-state index contributed by atoms with van der Waals surface area (Å²) in [6, 6.07) is 11.2. The maximum absolute atomic E-state index is 13.7. The second-order valence-corrected chi connectivity index (χ2v) is 6.57. The summed E-state index contributed by atoms with van der Waals surface area (Å²) in [5, 5.41) is 0. The summed E-state index contributed by atoms with van der Waals surface area (Å²) in [6.07, 6.45) is 2.39. The molecule has 0 aliphatic heterocycles. The van der Waals surface area contributed by atoms with Crippen molar-refractivity contribution in [3.8, 4) is 0 Å². The molecule has 1 atom stereocenters. The van der Waals surface area contributed by atoms with Gasteiger partial charge in [-0.1, -0.05) is 25.1 Å². The number of rotatable bonds is 5. The molecule has 1 unspecified atom stereocenters. The van der Waals surface area contributed by atoms with Crippen molar-refractivity contribution in [2.75, 3.05) is 0 Å². The fourth-order valence-electron chi connectivity index (χ4n) is 2.24. The van der Waals surface area contributed by atoms with Gasteiger partial charge in [0.15, 0.2) is 0 Å². The highest BCUT2D eigenvalue weighted by atomic mass is 32.1. The molecule has 1 aromatic heterocycles. The lowest BCUT2D eigenvalue weighted by Crippen LogP contribution is -2.40. The standard InChI is InChI=1S/C16H20FNS/c1-3-13-8-9-14(19-13)11-16(2,18)10-12-6-4-5-7-15(12)17/h4-9H,3,10-11,18H2,1-2H3. The van der Waals surface area contributed by atoms with Crippen LogP contribution < -0.4 is 5.73 Å². The van der Waals surface area contributed by atoms with Crippen LogP contribution in [-0.2, 0) is 19.3 Å². The molecular formula is C16H20FNS. The summed E-state index contributed by atoms with van der Waals surface area (Å²) in [6.45, 7) is 4.14. The molecule has 1 aromatic carbocycles. The Balaban J connectivity index is 2.08. The van der Waals surface area contributed by atoms with Crippen LogP contribution in [-0.4, -0.2) is 5.54 Å². The first-order valence-corrected chi connectivity index (χ1v) is 7.42. The lowest BCUT2D eigenvalue weighted by molar-refractivity contribution is 0.454. The van der Waals surface area contributed by atoms with E-state index in [0.29, 0.717) is 12.0 Å². The molecule has 0 aliphatic carbocycles. The maximum atomic E-state index is 13.7. The van der Waals surface area contributed by atoms with E-state index in [2.05, 4.69) is 19.1 Å². The van der Waals surface area contributed by atoms with Crippen LogP contribution in [0.2, 0.25) is 0 Å². The predicted molar refractivity (Wildman–Crippen MR) is 80.1 cm³/mol. The lowest BCUT2D eigenvalue weighted by Gasteiger charge is -2.24. The Morgan fingerprint density at radius 3 is 2.42 bits per heavy atom. The average Bonchev–Trinajstić information content (AvgIpc) is 2.78. The normalized spacial score (nSPS) is 14.3. The van der Waals surface area contributed by atoms with E-state index in [1.54, 1.807) is 17.4 Å². The number of hydrogen-bond donors (Lipinski definition) is 1. The van der Waals surface area contributed by atoms with Gasteiger partial charge in [0.05, 0.1) is 0 Å². The highest BCUT2D eigenvalue weighted by molar-refractivity contribution is 7.12. The zero-order valence-corrected chi connectivity index (χ0v) is 12.3. The molecule has 0 saturated carbocycles. The minimum atomic E-state index is -0.419. The number of benzene rings is 1. The molecule has 0 radical (unpaired) electrons. The van der Waals surface area contributed by atoms with Crippen molar-refractivity contribution in [2.24, 2.45) is 5.73 Å².